The van der Waals surface area contributed by atoms with Gasteiger partial charge >= 0.3 is 0 Å². The van der Waals surface area contributed by atoms with Crippen molar-refractivity contribution in [3.63, 3.8) is 0 Å². The third-order valence-corrected chi connectivity index (χ3v) is 4.77. The fourth-order valence-corrected chi connectivity index (χ4v) is 3.35. The molecule has 2 atom stereocenters. The van der Waals surface area contributed by atoms with Gasteiger partial charge in [0, 0.05) is 17.0 Å². The van der Waals surface area contributed by atoms with Crippen LogP contribution in [0.1, 0.15) is 37.8 Å². The Morgan fingerprint density at radius 2 is 2.00 bits per heavy atom. The first kappa shape index (κ1) is 16.3. The van der Waals surface area contributed by atoms with E-state index in [1.807, 2.05) is 24.3 Å². The van der Waals surface area contributed by atoms with Gasteiger partial charge in [-0.3, -0.25) is 9.69 Å². The summed E-state index contributed by atoms with van der Waals surface area (Å²) in [6.07, 6.45) is 2.48. The molecular formula is C16H24ClN3O. The van der Waals surface area contributed by atoms with Gasteiger partial charge in [0.2, 0.25) is 5.91 Å². The Hall–Kier alpha value is -1.10. The van der Waals surface area contributed by atoms with E-state index in [0.717, 1.165) is 42.9 Å². The van der Waals surface area contributed by atoms with Crippen molar-refractivity contribution in [2.45, 2.75) is 38.3 Å². The van der Waals surface area contributed by atoms with E-state index < -0.39 is 0 Å². The molecule has 1 heterocycles. The third kappa shape index (κ3) is 3.76. The molecule has 0 bridgehead atoms. The van der Waals surface area contributed by atoms with Gasteiger partial charge in [-0.25, -0.2) is 0 Å². The molecule has 0 radical (unpaired) electrons. The molecule has 0 aromatic heterocycles. The van der Waals surface area contributed by atoms with E-state index in [2.05, 4.69) is 11.8 Å². The van der Waals surface area contributed by atoms with E-state index >= 15 is 0 Å². The Balaban J connectivity index is 2.19. The monoisotopic (exact) mass is 309 g/mol. The second kappa shape index (κ2) is 7.25. The lowest BCUT2D eigenvalue weighted by atomic mass is 9.90. The van der Waals surface area contributed by atoms with Crippen LogP contribution in [0.25, 0.3) is 0 Å². The number of benzene rings is 1. The lowest BCUT2D eigenvalue weighted by Crippen LogP contribution is -2.46. The molecular weight excluding hydrogens is 286 g/mol. The Kier molecular flexibility index (Phi) is 5.62. The van der Waals surface area contributed by atoms with Crippen molar-refractivity contribution in [1.29, 1.82) is 0 Å². The van der Waals surface area contributed by atoms with Gasteiger partial charge in [-0.2, -0.15) is 0 Å². The van der Waals surface area contributed by atoms with E-state index in [4.69, 9.17) is 23.1 Å². The molecule has 1 aromatic rings. The molecule has 1 aromatic carbocycles. The van der Waals surface area contributed by atoms with Crippen LogP contribution in [0.15, 0.2) is 24.3 Å². The van der Waals surface area contributed by atoms with Crippen molar-refractivity contribution < 1.29 is 4.79 Å². The summed E-state index contributed by atoms with van der Waals surface area (Å²) in [6, 6.07) is 7.99. The molecule has 2 unspecified atom stereocenters. The topological polar surface area (TPSA) is 72.3 Å². The summed E-state index contributed by atoms with van der Waals surface area (Å²) < 4.78 is 0. The van der Waals surface area contributed by atoms with E-state index in [0.29, 0.717) is 0 Å². The molecule has 1 aliphatic heterocycles. The van der Waals surface area contributed by atoms with Crippen LogP contribution >= 0.6 is 11.6 Å². The molecule has 116 valence electrons. The minimum atomic E-state index is -0.191. The van der Waals surface area contributed by atoms with E-state index in [1.165, 1.54) is 0 Å². The minimum Gasteiger partial charge on any atom is -0.369 e. The molecule has 21 heavy (non-hydrogen) atoms. The van der Waals surface area contributed by atoms with Crippen molar-refractivity contribution in [3.8, 4) is 0 Å². The van der Waals surface area contributed by atoms with E-state index in [-0.39, 0.29) is 23.9 Å². The first-order valence-corrected chi connectivity index (χ1v) is 7.95. The van der Waals surface area contributed by atoms with Gasteiger partial charge in [-0.05, 0) is 44.0 Å². The number of hydrogen-bond acceptors (Lipinski definition) is 3. The predicted molar refractivity (Wildman–Crippen MR) is 86.0 cm³/mol. The number of likely N-dealkylation sites (tertiary alicyclic amines) is 1. The Morgan fingerprint density at radius 3 is 2.52 bits per heavy atom. The number of carbonyl (C=O) groups is 1. The summed E-state index contributed by atoms with van der Waals surface area (Å²) in [5, 5.41) is 0.753. The molecule has 5 heteroatoms. The Bertz CT molecular complexity index is 486. The summed E-state index contributed by atoms with van der Waals surface area (Å²) in [7, 11) is 0. The molecule has 0 saturated carbocycles. The number of nitrogens with zero attached hydrogens (tertiary/aromatic N) is 1. The molecule has 4 N–H and O–H groups in total. The van der Waals surface area contributed by atoms with Crippen LogP contribution < -0.4 is 11.5 Å². The molecule has 0 spiro atoms. The fraction of sp³-hybridized carbons (Fsp3) is 0.562. The van der Waals surface area contributed by atoms with Crippen LogP contribution in [0.3, 0.4) is 0 Å². The number of rotatable bonds is 5. The minimum absolute atomic E-state index is 0.00834. The van der Waals surface area contributed by atoms with Gasteiger partial charge in [0.25, 0.3) is 0 Å². The molecule has 2 rings (SSSR count). The highest BCUT2D eigenvalue weighted by Gasteiger charge is 2.32. The van der Waals surface area contributed by atoms with Crippen molar-refractivity contribution >= 4 is 17.5 Å². The Labute approximate surface area is 131 Å². The van der Waals surface area contributed by atoms with Gasteiger partial charge in [0.15, 0.2) is 0 Å². The highest BCUT2D eigenvalue weighted by Crippen LogP contribution is 2.33. The van der Waals surface area contributed by atoms with Gasteiger partial charge < -0.3 is 11.5 Å². The quantitative estimate of drug-likeness (QED) is 0.876. The Morgan fingerprint density at radius 1 is 1.38 bits per heavy atom. The second-order valence-corrected chi connectivity index (χ2v) is 6.16. The summed E-state index contributed by atoms with van der Waals surface area (Å²) in [5.41, 5.74) is 12.8. The van der Waals surface area contributed by atoms with Crippen LogP contribution in [-0.4, -0.2) is 29.9 Å². The summed E-state index contributed by atoms with van der Waals surface area (Å²) in [5.74, 6) is -0.199. The average molecular weight is 310 g/mol. The van der Waals surface area contributed by atoms with Crippen molar-refractivity contribution in [2.24, 2.45) is 17.4 Å². The van der Waals surface area contributed by atoms with Gasteiger partial charge in [-0.1, -0.05) is 36.7 Å². The maximum atomic E-state index is 11.3. The second-order valence-electron chi connectivity index (χ2n) is 5.75. The summed E-state index contributed by atoms with van der Waals surface area (Å²) in [4.78, 5) is 13.6. The first-order chi connectivity index (χ1) is 10.0. The molecule has 1 amide bonds. The fourth-order valence-electron chi connectivity index (χ4n) is 3.10. The maximum Gasteiger partial charge on any atom is 0.220 e. The number of nitrogens with two attached hydrogens (primary N) is 2. The van der Waals surface area contributed by atoms with E-state index in [9.17, 15) is 4.79 Å². The SMILES string of the molecule is CCC(N)C(c1ccccc1Cl)N1CCC(C(N)=O)CC1. The zero-order chi connectivity index (χ0) is 15.4. The third-order valence-electron chi connectivity index (χ3n) is 4.43. The molecule has 4 nitrogen and oxygen atoms in total. The first-order valence-electron chi connectivity index (χ1n) is 7.58. The highest BCUT2D eigenvalue weighted by molar-refractivity contribution is 6.31. The molecule has 1 saturated heterocycles. The highest BCUT2D eigenvalue weighted by atomic mass is 35.5. The lowest BCUT2D eigenvalue weighted by Gasteiger charge is -2.40. The van der Waals surface area contributed by atoms with Crippen LogP contribution in [-0.2, 0) is 4.79 Å². The maximum absolute atomic E-state index is 11.3. The average Bonchev–Trinajstić information content (AvgIpc) is 2.49. The predicted octanol–water partition coefficient (Wildman–Crippen LogP) is 2.32. The normalized spacial score (nSPS) is 20.1. The van der Waals surface area contributed by atoms with Crippen molar-refractivity contribution in [2.75, 3.05) is 13.1 Å². The lowest BCUT2D eigenvalue weighted by molar-refractivity contribution is -0.123. The number of amides is 1. The van der Waals surface area contributed by atoms with E-state index in [1.54, 1.807) is 0 Å². The number of halogens is 1. The van der Waals surface area contributed by atoms with Crippen molar-refractivity contribution in [3.05, 3.63) is 34.9 Å². The largest absolute Gasteiger partial charge is 0.369 e. The smallest absolute Gasteiger partial charge is 0.220 e. The standard InChI is InChI=1S/C16H24ClN3O/c1-2-14(18)15(12-5-3-4-6-13(12)17)20-9-7-11(8-10-20)16(19)21/h3-6,11,14-15H,2,7-10,18H2,1H3,(H2,19,21). The van der Waals surface area contributed by atoms with Crippen LogP contribution in [0.2, 0.25) is 5.02 Å². The van der Waals surface area contributed by atoms with Crippen molar-refractivity contribution in [1.82, 2.24) is 4.90 Å². The van der Waals surface area contributed by atoms with Crippen LogP contribution in [0.4, 0.5) is 0 Å². The van der Waals surface area contributed by atoms with Gasteiger partial charge in [-0.15, -0.1) is 0 Å². The molecule has 0 aliphatic carbocycles. The summed E-state index contributed by atoms with van der Waals surface area (Å²) in [6.45, 7) is 3.75. The van der Waals surface area contributed by atoms with Crippen LogP contribution in [0.5, 0.6) is 0 Å². The molecule has 1 fully saturated rings. The zero-order valence-corrected chi connectivity index (χ0v) is 13.2. The number of piperidine rings is 1. The zero-order valence-electron chi connectivity index (χ0n) is 12.5. The number of primary amides is 1. The van der Waals surface area contributed by atoms with Gasteiger partial charge in [0.05, 0.1) is 6.04 Å². The number of carbonyl (C=O) groups excluding carboxylic acids is 1. The van der Waals surface area contributed by atoms with Crippen LogP contribution in [0, 0.1) is 5.92 Å². The number of hydrogen-bond donors (Lipinski definition) is 2. The molecule has 1 aliphatic rings. The van der Waals surface area contributed by atoms with Gasteiger partial charge in [0.1, 0.15) is 0 Å². The summed E-state index contributed by atoms with van der Waals surface area (Å²) >= 11 is 6.36.